The number of rotatable bonds is 4. The molecule has 1 aromatic carbocycles. The number of nitrogens with zero attached hydrogens (tertiary/aromatic N) is 2. The van der Waals surface area contributed by atoms with Crippen molar-refractivity contribution in [2.24, 2.45) is 0 Å². The lowest BCUT2D eigenvalue weighted by Gasteiger charge is -2.08. The molecule has 1 aromatic heterocycles. The monoisotopic (exact) mass is 290 g/mol. The number of benzene rings is 1. The van der Waals surface area contributed by atoms with E-state index < -0.39 is 0 Å². The lowest BCUT2D eigenvalue weighted by molar-refractivity contribution is 0.102. The Hall–Kier alpha value is -2.14. The van der Waals surface area contributed by atoms with Crippen molar-refractivity contribution in [3.05, 3.63) is 47.1 Å². The quantitative estimate of drug-likeness (QED) is 0.907. The fraction of sp³-hybridized carbons (Fsp3) is 0.214. The molecule has 0 bridgehead atoms. The summed E-state index contributed by atoms with van der Waals surface area (Å²) in [5, 5.41) is 14.2. The summed E-state index contributed by atoms with van der Waals surface area (Å²) in [6.45, 7) is 4.00. The summed E-state index contributed by atoms with van der Waals surface area (Å²) in [6, 6.07) is 10.5. The van der Waals surface area contributed by atoms with Crippen LogP contribution in [-0.4, -0.2) is 22.1 Å². The first-order valence-corrected chi connectivity index (χ1v) is 6.59. The molecule has 2 rings (SSSR count). The van der Waals surface area contributed by atoms with Crippen LogP contribution in [0.25, 0.3) is 0 Å². The summed E-state index contributed by atoms with van der Waals surface area (Å²) in [4.78, 5) is 12.0. The molecule has 0 aliphatic carbocycles. The molecule has 0 atom stereocenters. The minimum Gasteiger partial charge on any atom is -0.366 e. The van der Waals surface area contributed by atoms with Gasteiger partial charge in [-0.3, -0.25) is 4.79 Å². The van der Waals surface area contributed by atoms with Crippen molar-refractivity contribution in [2.45, 2.75) is 19.9 Å². The molecule has 104 valence electrons. The summed E-state index contributed by atoms with van der Waals surface area (Å²) in [5.41, 5.74) is 0.868. The molecule has 5 nitrogen and oxygen atoms in total. The number of aromatic nitrogens is 2. The number of carbonyl (C=O) groups excluding carboxylic acids is 1. The fourth-order valence-corrected chi connectivity index (χ4v) is 1.78. The van der Waals surface area contributed by atoms with Gasteiger partial charge < -0.3 is 10.6 Å². The summed E-state index contributed by atoms with van der Waals surface area (Å²) >= 11 is 5.86. The van der Waals surface area contributed by atoms with Gasteiger partial charge in [0.1, 0.15) is 5.82 Å². The van der Waals surface area contributed by atoms with E-state index in [4.69, 9.17) is 11.6 Å². The fourth-order valence-electron chi connectivity index (χ4n) is 1.59. The number of anilines is 2. The lowest BCUT2D eigenvalue weighted by Crippen LogP contribution is -2.16. The van der Waals surface area contributed by atoms with E-state index in [1.165, 1.54) is 0 Å². The Kier molecular flexibility index (Phi) is 4.53. The Morgan fingerprint density at radius 2 is 2.00 bits per heavy atom. The molecule has 0 radical (unpaired) electrons. The number of carbonyl (C=O) groups is 1. The molecule has 6 heteroatoms. The van der Waals surface area contributed by atoms with E-state index in [0.717, 1.165) is 0 Å². The SMILES string of the molecule is CC(C)Nc1ccc(C(=O)Nc2cccc(Cl)c2)nn1. The second-order valence-corrected chi connectivity index (χ2v) is 5.00. The first kappa shape index (κ1) is 14.3. The van der Waals surface area contributed by atoms with Crippen molar-refractivity contribution in [3.8, 4) is 0 Å². The summed E-state index contributed by atoms with van der Waals surface area (Å²) in [6.07, 6.45) is 0. The van der Waals surface area contributed by atoms with Crippen molar-refractivity contribution in [2.75, 3.05) is 10.6 Å². The van der Waals surface area contributed by atoms with E-state index in [-0.39, 0.29) is 17.6 Å². The molecule has 0 aliphatic rings. The Balaban J connectivity index is 2.06. The zero-order valence-electron chi connectivity index (χ0n) is 11.2. The van der Waals surface area contributed by atoms with E-state index in [0.29, 0.717) is 16.5 Å². The molecule has 1 amide bonds. The first-order chi connectivity index (χ1) is 9.54. The number of nitrogens with one attached hydrogen (secondary N) is 2. The molecule has 0 aliphatic heterocycles. The second-order valence-electron chi connectivity index (χ2n) is 4.57. The summed E-state index contributed by atoms with van der Waals surface area (Å²) in [5.74, 6) is 0.315. The van der Waals surface area contributed by atoms with Gasteiger partial charge in [0.25, 0.3) is 5.91 Å². The van der Waals surface area contributed by atoms with Gasteiger partial charge in [0.2, 0.25) is 0 Å². The van der Waals surface area contributed by atoms with Crippen LogP contribution in [0.1, 0.15) is 24.3 Å². The van der Waals surface area contributed by atoms with Gasteiger partial charge >= 0.3 is 0 Å². The van der Waals surface area contributed by atoms with E-state index in [2.05, 4.69) is 20.8 Å². The topological polar surface area (TPSA) is 66.9 Å². The average Bonchev–Trinajstić information content (AvgIpc) is 2.38. The van der Waals surface area contributed by atoms with Crippen LogP contribution in [0.3, 0.4) is 0 Å². The van der Waals surface area contributed by atoms with Crippen LogP contribution in [0.5, 0.6) is 0 Å². The predicted octanol–water partition coefficient (Wildman–Crippen LogP) is 3.20. The zero-order chi connectivity index (χ0) is 14.5. The normalized spacial score (nSPS) is 10.4. The number of halogens is 1. The third-order valence-electron chi connectivity index (χ3n) is 2.42. The van der Waals surface area contributed by atoms with Crippen molar-refractivity contribution < 1.29 is 4.79 Å². The van der Waals surface area contributed by atoms with Crippen molar-refractivity contribution in [1.29, 1.82) is 0 Å². The van der Waals surface area contributed by atoms with Gasteiger partial charge in [-0.2, -0.15) is 0 Å². The Bertz CT molecular complexity index is 598. The highest BCUT2D eigenvalue weighted by Crippen LogP contribution is 2.15. The molecular weight excluding hydrogens is 276 g/mol. The third kappa shape index (κ3) is 3.93. The standard InChI is InChI=1S/C14H15ClN4O/c1-9(2)16-13-7-6-12(18-19-13)14(20)17-11-5-3-4-10(15)8-11/h3-9H,1-2H3,(H,16,19)(H,17,20). The van der Waals surface area contributed by atoms with Gasteiger partial charge in [-0.15, -0.1) is 10.2 Å². The van der Waals surface area contributed by atoms with E-state index in [1.54, 1.807) is 36.4 Å². The predicted molar refractivity (Wildman–Crippen MR) is 80.2 cm³/mol. The number of hydrogen-bond acceptors (Lipinski definition) is 4. The van der Waals surface area contributed by atoms with Crippen molar-refractivity contribution in [3.63, 3.8) is 0 Å². The van der Waals surface area contributed by atoms with E-state index in [1.807, 2.05) is 13.8 Å². The number of hydrogen-bond donors (Lipinski definition) is 2. The number of amides is 1. The van der Waals surface area contributed by atoms with Crippen LogP contribution in [0.4, 0.5) is 11.5 Å². The van der Waals surface area contributed by atoms with Gasteiger partial charge in [0.05, 0.1) is 0 Å². The van der Waals surface area contributed by atoms with Crippen molar-refractivity contribution >= 4 is 29.0 Å². The molecule has 0 saturated carbocycles. The molecule has 20 heavy (non-hydrogen) atoms. The minimum atomic E-state index is -0.323. The zero-order valence-corrected chi connectivity index (χ0v) is 12.0. The van der Waals surface area contributed by atoms with Crippen LogP contribution >= 0.6 is 11.6 Å². The molecule has 2 N–H and O–H groups in total. The second kappa shape index (κ2) is 6.34. The molecule has 0 unspecified atom stereocenters. The molecule has 0 saturated heterocycles. The highest BCUT2D eigenvalue weighted by molar-refractivity contribution is 6.30. The minimum absolute atomic E-state index is 0.249. The van der Waals surface area contributed by atoms with Crippen LogP contribution in [0.15, 0.2) is 36.4 Å². The Morgan fingerprint density at radius 3 is 2.60 bits per heavy atom. The maximum atomic E-state index is 12.0. The average molecular weight is 291 g/mol. The van der Waals surface area contributed by atoms with Gasteiger partial charge in [0.15, 0.2) is 5.69 Å². The molecule has 1 heterocycles. The Morgan fingerprint density at radius 1 is 1.20 bits per heavy atom. The summed E-state index contributed by atoms with van der Waals surface area (Å²) < 4.78 is 0. The lowest BCUT2D eigenvalue weighted by atomic mass is 10.3. The smallest absolute Gasteiger partial charge is 0.276 e. The van der Waals surface area contributed by atoms with Gasteiger partial charge in [-0.05, 0) is 44.2 Å². The maximum absolute atomic E-state index is 12.0. The van der Waals surface area contributed by atoms with Crippen LogP contribution in [0, 0.1) is 0 Å². The maximum Gasteiger partial charge on any atom is 0.276 e. The van der Waals surface area contributed by atoms with Gasteiger partial charge in [-0.1, -0.05) is 17.7 Å². The Labute approximate surface area is 122 Å². The molecular formula is C14H15ClN4O. The highest BCUT2D eigenvalue weighted by Gasteiger charge is 2.09. The van der Waals surface area contributed by atoms with Gasteiger partial charge in [-0.25, -0.2) is 0 Å². The first-order valence-electron chi connectivity index (χ1n) is 6.22. The van der Waals surface area contributed by atoms with Crippen LogP contribution in [0.2, 0.25) is 5.02 Å². The van der Waals surface area contributed by atoms with Crippen LogP contribution < -0.4 is 10.6 Å². The van der Waals surface area contributed by atoms with Crippen molar-refractivity contribution in [1.82, 2.24) is 10.2 Å². The molecule has 0 spiro atoms. The largest absolute Gasteiger partial charge is 0.366 e. The summed E-state index contributed by atoms with van der Waals surface area (Å²) in [7, 11) is 0. The van der Waals surface area contributed by atoms with E-state index in [9.17, 15) is 4.79 Å². The third-order valence-corrected chi connectivity index (χ3v) is 2.65. The molecule has 0 fully saturated rings. The van der Waals surface area contributed by atoms with Crippen LogP contribution in [-0.2, 0) is 0 Å². The molecule has 2 aromatic rings. The highest BCUT2D eigenvalue weighted by atomic mass is 35.5. The van der Waals surface area contributed by atoms with E-state index >= 15 is 0 Å². The van der Waals surface area contributed by atoms with Gasteiger partial charge in [0, 0.05) is 16.8 Å².